The number of hydrogen-bond acceptors (Lipinski definition) is 8. The first-order valence-electron chi connectivity index (χ1n) is 14.3. The first-order chi connectivity index (χ1) is 21.3. The van der Waals surface area contributed by atoms with E-state index in [-0.39, 0.29) is 42.1 Å². The molecule has 0 saturated carbocycles. The highest BCUT2D eigenvalue weighted by molar-refractivity contribution is 5.99. The third-order valence-electron chi connectivity index (χ3n) is 8.40. The Bertz CT molecular complexity index is 1670. The summed E-state index contributed by atoms with van der Waals surface area (Å²) in [5, 5.41) is 5.37. The van der Waals surface area contributed by atoms with Crippen LogP contribution in [0.4, 0.5) is 8.78 Å². The van der Waals surface area contributed by atoms with Gasteiger partial charge in [0.05, 0.1) is 6.54 Å². The zero-order valence-corrected chi connectivity index (χ0v) is 23.9. The summed E-state index contributed by atoms with van der Waals surface area (Å²) in [6.07, 6.45) is 3.03. The predicted molar refractivity (Wildman–Crippen MR) is 153 cm³/mol. The van der Waals surface area contributed by atoms with Gasteiger partial charge in [0.2, 0.25) is 18.0 Å². The summed E-state index contributed by atoms with van der Waals surface area (Å²) < 4.78 is 40.0. The van der Waals surface area contributed by atoms with Gasteiger partial charge in [-0.05, 0) is 31.5 Å². The van der Waals surface area contributed by atoms with Gasteiger partial charge in [-0.15, -0.1) is 0 Å². The van der Waals surface area contributed by atoms with Crippen molar-refractivity contribution < 1.29 is 32.6 Å². The Kier molecular flexibility index (Phi) is 8.15. The van der Waals surface area contributed by atoms with Gasteiger partial charge >= 0.3 is 5.97 Å². The van der Waals surface area contributed by atoms with Crippen molar-refractivity contribution in [1.82, 2.24) is 25.0 Å². The van der Waals surface area contributed by atoms with Crippen LogP contribution in [0.15, 0.2) is 59.5 Å². The smallest absolute Gasteiger partial charge is 0.330 e. The highest BCUT2D eigenvalue weighted by atomic mass is 19.1. The van der Waals surface area contributed by atoms with Gasteiger partial charge < -0.3 is 29.6 Å². The zero-order chi connectivity index (χ0) is 31.0. The van der Waals surface area contributed by atoms with E-state index in [1.165, 1.54) is 16.8 Å². The van der Waals surface area contributed by atoms with Gasteiger partial charge in [-0.25, -0.2) is 13.6 Å². The molecule has 4 heterocycles. The molecule has 0 bridgehead atoms. The molecule has 0 aliphatic carbocycles. The zero-order valence-electron chi connectivity index (χ0n) is 23.9. The van der Waals surface area contributed by atoms with Gasteiger partial charge in [0.15, 0.2) is 5.69 Å². The number of amides is 2. The summed E-state index contributed by atoms with van der Waals surface area (Å²) in [5.41, 5.74) is -0.589. The number of fused-ring (bicyclic) bond motifs is 4. The summed E-state index contributed by atoms with van der Waals surface area (Å²) in [4.78, 5) is 57.5. The third kappa shape index (κ3) is 5.44. The standard InChI is InChI=1S/C31H31F2N5O6/c1-34-25(18-6-3-2-4-7-18)31(42)44-17-43-28-26-30(41)38-14-21-8-5-11-37(21)24(38)16-36(26)15-22(27(28)39)29(40)35-13-19-9-10-20(32)12-23(19)33/h2-4,6-7,9-10,12,15,21,24-25,34H,5,8,11,13-14,16-17H2,1H3,(H,35,40)/t21-,24+,25+/m1/s1. The van der Waals surface area contributed by atoms with Crippen molar-refractivity contribution in [2.45, 2.75) is 44.2 Å². The van der Waals surface area contributed by atoms with Gasteiger partial charge in [0, 0.05) is 43.5 Å². The van der Waals surface area contributed by atoms with E-state index in [2.05, 4.69) is 15.5 Å². The SMILES string of the molecule is CN[C@H](C(=O)OCOc1c2n(cc(C(=O)NCc3ccc(F)cc3F)c1=O)C[C@@H]1N(C[C@H]3CCCN31)C2=O)c1ccccc1. The fourth-order valence-electron chi connectivity index (χ4n) is 6.24. The molecule has 3 aliphatic heterocycles. The van der Waals surface area contributed by atoms with Crippen LogP contribution in [0.5, 0.6) is 5.75 Å². The first kappa shape index (κ1) is 29.5. The summed E-state index contributed by atoms with van der Waals surface area (Å²) in [5.74, 6) is -3.96. The summed E-state index contributed by atoms with van der Waals surface area (Å²) in [6.45, 7) is 0.632. The van der Waals surface area contributed by atoms with E-state index in [1.807, 2.05) is 6.07 Å². The van der Waals surface area contributed by atoms with Crippen LogP contribution in [0.1, 0.15) is 50.9 Å². The number of aromatic nitrogens is 1. The van der Waals surface area contributed by atoms with Crippen LogP contribution in [0, 0.1) is 11.6 Å². The molecule has 6 rings (SSSR count). The van der Waals surface area contributed by atoms with Crippen molar-refractivity contribution in [3.63, 3.8) is 0 Å². The molecule has 0 unspecified atom stereocenters. The quantitative estimate of drug-likeness (QED) is 0.281. The van der Waals surface area contributed by atoms with Crippen LogP contribution in [-0.2, 0) is 22.6 Å². The molecule has 2 fully saturated rings. The van der Waals surface area contributed by atoms with Crippen LogP contribution >= 0.6 is 0 Å². The van der Waals surface area contributed by atoms with Crippen LogP contribution in [0.3, 0.4) is 0 Å². The molecular formula is C31H31F2N5O6. The van der Waals surface area contributed by atoms with Crippen LogP contribution in [-0.4, -0.2) is 71.3 Å². The lowest BCUT2D eigenvalue weighted by atomic mass is 10.1. The molecule has 2 N–H and O–H groups in total. The number of nitrogens with zero attached hydrogens (tertiary/aromatic N) is 3. The van der Waals surface area contributed by atoms with E-state index in [0.717, 1.165) is 25.5 Å². The minimum absolute atomic E-state index is 0.0237. The number of esters is 1. The van der Waals surface area contributed by atoms with E-state index in [0.29, 0.717) is 18.2 Å². The number of hydrogen-bond donors (Lipinski definition) is 2. The Labute approximate surface area is 251 Å². The molecule has 3 atom stereocenters. The number of benzene rings is 2. The Morgan fingerprint density at radius 3 is 2.64 bits per heavy atom. The van der Waals surface area contributed by atoms with Crippen LogP contribution < -0.4 is 20.8 Å². The Morgan fingerprint density at radius 1 is 1.09 bits per heavy atom. The van der Waals surface area contributed by atoms with Crippen molar-refractivity contribution in [1.29, 1.82) is 0 Å². The minimum atomic E-state index is -0.885. The van der Waals surface area contributed by atoms with Crippen molar-refractivity contribution in [2.75, 3.05) is 26.9 Å². The van der Waals surface area contributed by atoms with Gasteiger partial charge in [-0.2, -0.15) is 0 Å². The average Bonchev–Trinajstić information content (AvgIpc) is 3.61. The maximum atomic E-state index is 14.2. The second-order valence-electron chi connectivity index (χ2n) is 11.0. The van der Waals surface area contributed by atoms with Crippen LogP contribution in [0.2, 0.25) is 0 Å². The van der Waals surface area contributed by atoms with E-state index < -0.39 is 53.4 Å². The number of halogens is 2. The van der Waals surface area contributed by atoms with Crippen molar-refractivity contribution in [2.24, 2.45) is 0 Å². The normalized spacial score (nSPS) is 19.6. The molecule has 230 valence electrons. The summed E-state index contributed by atoms with van der Waals surface area (Å²) in [6, 6.07) is 11.2. The molecule has 2 amide bonds. The van der Waals surface area contributed by atoms with Crippen molar-refractivity contribution >= 4 is 17.8 Å². The number of carbonyl (C=O) groups excluding carboxylic acids is 3. The van der Waals surface area contributed by atoms with E-state index in [1.54, 1.807) is 36.2 Å². The number of rotatable bonds is 9. The average molecular weight is 608 g/mol. The fraction of sp³-hybridized carbons (Fsp3) is 0.355. The van der Waals surface area contributed by atoms with Gasteiger partial charge in [-0.3, -0.25) is 19.3 Å². The highest BCUT2D eigenvalue weighted by Gasteiger charge is 2.48. The highest BCUT2D eigenvalue weighted by Crippen LogP contribution is 2.35. The number of pyridine rings is 1. The third-order valence-corrected chi connectivity index (χ3v) is 8.40. The molecule has 1 aromatic heterocycles. The molecule has 0 spiro atoms. The summed E-state index contributed by atoms with van der Waals surface area (Å²) in [7, 11) is 1.60. The summed E-state index contributed by atoms with van der Waals surface area (Å²) >= 11 is 0. The lowest BCUT2D eigenvalue weighted by Crippen LogP contribution is -2.50. The molecule has 2 saturated heterocycles. The monoisotopic (exact) mass is 607 g/mol. The van der Waals surface area contributed by atoms with Gasteiger partial charge in [0.25, 0.3) is 11.8 Å². The molecule has 11 nitrogen and oxygen atoms in total. The number of nitrogens with one attached hydrogen (secondary N) is 2. The second-order valence-corrected chi connectivity index (χ2v) is 11.0. The lowest BCUT2D eigenvalue weighted by Gasteiger charge is -2.36. The maximum absolute atomic E-state index is 14.2. The van der Waals surface area contributed by atoms with E-state index in [4.69, 9.17) is 9.47 Å². The van der Waals surface area contributed by atoms with E-state index in [9.17, 15) is 28.0 Å². The Morgan fingerprint density at radius 2 is 1.89 bits per heavy atom. The van der Waals surface area contributed by atoms with Crippen molar-refractivity contribution in [3.05, 3.63) is 99.0 Å². The minimum Gasteiger partial charge on any atom is -0.451 e. The van der Waals surface area contributed by atoms with Gasteiger partial charge in [-0.1, -0.05) is 36.4 Å². The Hall–Kier alpha value is -4.62. The molecule has 44 heavy (non-hydrogen) atoms. The maximum Gasteiger partial charge on any atom is 0.330 e. The fourth-order valence-corrected chi connectivity index (χ4v) is 6.24. The lowest BCUT2D eigenvalue weighted by molar-refractivity contribution is -0.152. The second kappa shape index (κ2) is 12.2. The van der Waals surface area contributed by atoms with E-state index >= 15 is 0 Å². The largest absolute Gasteiger partial charge is 0.451 e. The predicted octanol–water partition coefficient (Wildman–Crippen LogP) is 2.16. The first-order valence-corrected chi connectivity index (χ1v) is 14.3. The molecule has 13 heteroatoms. The molecular weight excluding hydrogens is 576 g/mol. The molecule has 2 aromatic carbocycles. The Balaban J connectivity index is 1.28. The van der Waals surface area contributed by atoms with Gasteiger partial charge in [0.1, 0.15) is 29.4 Å². The number of likely N-dealkylation sites (N-methyl/N-ethyl adjacent to an activating group) is 1. The van der Waals surface area contributed by atoms with Crippen LogP contribution in [0.25, 0.3) is 0 Å². The molecule has 3 aliphatic rings. The molecule has 0 radical (unpaired) electrons. The number of carbonyl (C=O) groups is 3. The topological polar surface area (TPSA) is 122 Å². The van der Waals surface area contributed by atoms with Crippen molar-refractivity contribution in [3.8, 4) is 5.75 Å². The number of ether oxygens (including phenoxy) is 2. The molecule has 3 aromatic rings.